The van der Waals surface area contributed by atoms with Crippen molar-refractivity contribution in [3.8, 4) is 0 Å². The Morgan fingerprint density at radius 2 is 2.07 bits per heavy atom. The van der Waals surface area contributed by atoms with Crippen LogP contribution in [0.15, 0.2) is 58.0 Å². The van der Waals surface area contributed by atoms with E-state index in [1.54, 1.807) is 35.6 Å². The number of benzene rings is 1. The van der Waals surface area contributed by atoms with Crippen LogP contribution in [-0.2, 0) is 25.7 Å². The number of hydrogen-bond acceptors (Lipinski definition) is 8. The summed E-state index contributed by atoms with van der Waals surface area (Å²) in [5.74, 6) is -0.611. The molecule has 3 heterocycles. The van der Waals surface area contributed by atoms with Crippen molar-refractivity contribution in [3.05, 3.63) is 69.0 Å². The number of oxime groups is 1. The zero-order valence-corrected chi connectivity index (χ0v) is 17.2. The van der Waals surface area contributed by atoms with Gasteiger partial charge in [0.05, 0.1) is 37.3 Å². The van der Waals surface area contributed by atoms with E-state index in [0.717, 1.165) is 10.6 Å². The van der Waals surface area contributed by atoms with Gasteiger partial charge in [-0.3, -0.25) is 4.79 Å². The highest BCUT2D eigenvalue weighted by Gasteiger charge is 2.26. The highest BCUT2D eigenvalue weighted by atomic mass is 32.1. The molecule has 0 N–H and O–H groups in total. The summed E-state index contributed by atoms with van der Waals surface area (Å²) in [5.41, 5.74) is 0.992. The highest BCUT2D eigenvalue weighted by molar-refractivity contribution is 7.12. The maximum Gasteiger partial charge on any atom is 0.343 e. The summed E-state index contributed by atoms with van der Waals surface area (Å²) >= 11 is 1.58. The number of ether oxygens (including phenoxy) is 2. The van der Waals surface area contributed by atoms with Gasteiger partial charge in [0.2, 0.25) is 0 Å². The molecule has 1 aliphatic rings. The Bertz CT molecular complexity index is 1200. The number of esters is 1. The fourth-order valence-corrected chi connectivity index (χ4v) is 4.01. The van der Waals surface area contributed by atoms with Gasteiger partial charge >= 0.3 is 5.97 Å². The molecule has 3 aromatic rings. The van der Waals surface area contributed by atoms with Gasteiger partial charge in [-0.15, -0.1) is 11.3 Å². The summed E-state index contributed by atoms with van der Waals surface area (Å²) in [4.78, 5) is 31.9. The number of fused-ring (bicyclic) bond motifs is 1. The van der Waals surface area contributed by atoms with Crippen LogP contribution in [0.3, 0.4) is 0 Å². The predicted molar refractivity (Wildman–Crippen MR) is 113 cm³/mol. The molecule has 8 nitrogen and oxygen atoms in total. The van der Waals surface area contributed by atoms with Crippen LogP contribution >= 0.6 is 11.3 Å². The average Bonchev–Trinajstić information content (AvgIpc) is 3.46. The number of carbonyl (C=O) groups is 1. The molecule has 0 aliphatic carbocycles. The van der Waals surface area contributed by atoms with Gasteiger partial charge in [0.15, 0.2) is 6.10 Å². The second kappa shape index (κ2) is 8.50. The Morgan fingerprint density at radius 1 is 1.27 bits per heavy atom. The molecule has 1 aliphatic heterocycles. The van der Waals surface area contributed by atoms with E-state index in [9.17, 15) is 9.59 Å². The lowest BCUT2D eigenvalue weighted by Gasteiger charge is -2.14. The molecule has 4 rings (SSSR count). The molecule has 0 amide bonds. The van der Waals surface area contributed by atoms with E-state index < -0.39 is 5.97 Å². The molecule has 2 aromatic heterocycles. The van der Waals surface area contributed by atoms with Gasteiger partial charge in [-0.25, -0.2) is 9.48 Å². The molecule has 9 heteroatoms. The minimum atomic E-state index is -0.611. The van der Waals surface area contributed by atoms with Gasteiger partial charge in [0.1, 0.15) is 17.0 Å². The number of thiophene rings is 1. The van der Waals surface area contributed by atoms with E-state index in [1.807, 2.05) is 17.5 Å². The van der Waals surface area contributed by atoms with Crippen LogP contribution in [0.25, 0.3) is 16.3 Å². The van der Waals surface area contributed by atoms with E-state index in [0.29, 0.717) is 22.9 Å². The van der Waals surface area contributed by atoms with Crippen LogP contribution in [0.2, 0.25) is 0 Å². The number of carbonyl (C=O) groups excluding carboxylic acids is 1. The lowest BCUT2D eigenvalue weighted by atomic mass is 10.1. The molecule has 30 heavy (non-hydrogen) atoms. The van der Waals surface area contributed by atoms with E-state index >= 15 is 0 Å². The second-order valence-electron chi connectivity index (χ2n) is 6.59. The third-order valence-corrected chi connectivity index (χ3v) is 5.60. The Kier molecular flexibility index (Phi) is 5.62. The van der Waals surface area contributed by atoms with Crippen molar-refractivity contribution in [1.82, 2.24) is 9.78 Å². The van der Waals surface area contributed by atoms with Crippen LogP contribution in [0.5, 0.6) is 0 Å². The monoisotopic (exact) mass is 425 g/mol. The van der Waals surface area contributed by atoms with Crippen molar-refractivity contribution in [1.29, 1.82) is 0 Å². The van der Waals surface area contributed by atoms with Crippen molar-refractivity contribution >= 4 is 39.4 Å². The Balaban J connectivity index is 1.72. The first-order chi connectivity index (χ1) is 14.6. The maximum atomic E-state index is 13.0. The van der Waals surface area contributed by atoms with Crippen LogP contribution in [-0.4, -0.2) is 41.8 Å². The number of rotatable bonds is 6. The van der Waals surface area contributed by atoms with Crippen LogP contribution in [0.4, 0.5) is 0 Å². The van der Waals surface area contributed by atoms with Crippen LogP contribution in [0, 0.1) is 0 Å². The molecular formula is C21H19N3O5S. The predicted octanol–water partition coefficient (Wildman–Crippen LogP) is 2.81. The number of nitrogens with zero attached hydrogens (tertiary/aromatic N) is 3. The molecular weight excluding hydrogens is 406 g/mol. The highest BCUT2D eigenvalue weighted by Crippen LogP contribution is 2.24. The summed E-state index contributed by atoms with van der Waals surface area (Å²) < 4.78 is 11.2. The Labute approximate surface area is 176 Å². The third-order valence-electron chi connectivity index (χ3n) is 4.68. The summed E-state index contributed by atoms with van der Waals surface area (Å²) in [6, 6.07) is 10.9. The molecule has 0 radical (unpaired) electrons. The number of methoxy groups -OCH3 is 2. The summed E-state index contributed by atoms with van der Waals surface area (Å²) in [5, 5.41) is 11.6. The number of hydrogen-bond donors (Lipinski definition) is 0. The van der Waals surface area contributed by atoms with Gasteiger partial charge < -0.3 is 14.3 Å². The summed E-state index contributed by atoms with van der Waals surface area (Å²) in [6.07, 6.45) is 1.49. The van der Waals surface area contributed by atoms with E-state index in [1.165, 1.54) is 25.2 Å². The molecule has 0 saturated heterocycles. The van der Waals surface area contributed by atoms with Crippen molar-refractivity contribution in [2.45, 2.75) is 19.1 Å². The average molecular weight is 425 g/mol. The normalized spacial score (nSPS) is 16.3. The van der Waals surface area contributed by atoms with Crippen LogP contribution < -0.4 is 5.56 Å². The Hall–Kier alpha value is -3.46. The van der Waals surface area contributed by atoms with Crippen LogP contribution in [0.1, 0.15) is 17.0 Å². The van der Waals surface area contributed by atoms with Crippen molar-refractivity contribution in [3.63, 3.8) is 0 Å². The first-order valence-electron chi connectivity index (χ1n) is 9.20. The molecule has 0 spiro atoms. The maximum absolute atomic E-state index is 13.0. The lowest BCUT2D eigenvalue weighted by molar-refractivity contribution is -0.133. The largest absolute Gasteiger partial charge is 0.503 e. The van der Waals surface area contributed by atoms with E-state index in [2.05, 4.69) is 10.3 Å². The molecule has 1 atom stereocenters. The molecule has 0 fully saturated rings. The zero-order chi connectivity index (χ0) is 21.1. The van der Waals surface area contributed by atoms with Crippen molar-refractivity contribution in [2.75, 3.05) is 14.2 Å². The number of aromatic nitrogens is 2. The van der Waals surface area contributed by atoms with Gasteiger partial charge in [-0.2, -0.15) is 5.10 Å². The van der Waals surface area contributed by atoms with Crippen molar-refractivity contribution in [2.24, 2.45) is 5.16 Å². The molecule has 1 aromatic carbocycles. The van der Waals surface area contributed by atoms with Gasteiger partial charge in [0.25, 0.3) is 5.56 Å². The van der Waals surface area contributed by atoms with Gasteiger partial charge in [-0.05, 0) is 17.5 Å². The first-order valence-corrected chi connectivity index (χ1v) is 10.1. The SMILES string of the molecule is CO/C=C(\C(=O)OC)c1nn(CC2CC(c3cccs3)=NO2)c(=O)c2ccccc12. The van der Waals surface area contributed by atoms with Gasteiger partial charge in [-0.1, -0.05) is 29.4 Å². The fourth-order valence-electron chi connectivity index (χ4n) is 3.29. The first kappa shape index (κ1) is 19.8. The lowest BCUT2D eigenvalue weighted by Crippen LogP contribution is -2.30. The van der Waals surface area contributed by atoms with E-state index in [4.69, 9.17) is 14.3 Å². The van der Waals surface area contributed by atoms with Crippen molar-refractivity contribution < 1.29 is 19.1 Å². The standard InChI is InChI=1S/C21H19N3O5S/c1-27-12-16(21(26)28-2)19-14-6-3-4-7-15(14)20(25)24(22-19)11-13-10-17(23-29-13)18-8-5-9-30-18/h3-9,12-13H,10-11H2,1-2H3/b16-12-. The smallest absolute Gasteiger partial charge is 0.343 e. The quantitative estimate of drug-likeness (QED) is 0.343. The Morgan fingerprint density at radius 3 is 2.77 bits per heavy atom. The minimum absolute atomic E-state index is 0.118. The second-order valence-corrected chi connectivity index (χ2v) is 7.53. The van der Waals surface area contributed by atoms with Gasteiger partial charge in [0, 0.05) is 11.8 Å². The third kappa shape index (κ3) is 3.71. The summed E-state index contributed by atoms with van der Waals surface area (Å²) in [7, 11) is 2.71. The molecule has 1 unspecified atom stereocenters. The molecule has 154 valence electrons. The minimum Gasteiger partial charge on any atom is -0.503 e. The zero-order valence-electron chi connectivity index (χ0n) is 16.4. The van der Waals surface area contributed by atoms with E-state index in [-0.39, 0.29) is 23.8 Å². The topological polar surface area (TPSA) is 92.0 Å². The molecule has 0 bridgehead atoms. The summed E-state index contributed by atoms with van der Waals surface area (Å²) in [6.45, 7) is 0.191. The molecule has 0 saturated carbocycles. The fraction of sp³-hybridized carbons (Fsp3) is 0.238.